The molecule has 2 N–H and O–H groups in total. The minimum Gasteiger partial charge on any atom is -0.495 e. The second-order valence-electron chi connectivity index (χ2n) is 11.0. The number of methoxy groups -OCH3 is 1. The molecule has 4 aliphatic carbocycles. The molecule has 188 valence electrons. The van der Waals surface area contributed by atoms with Gasteiger partial charge in [-0.2, -0.15) is 0 Å². The maximum atomic E-state index is 13.6. The summed E-state index contributed by atoms with van der Waals surface area (Å²) in [6.07, 6.45) is 6.51. The summed E-state index contributed by atoms with van der Waals surface area (Å²) in [7, 11) is 0.675. The minimum atomic E-state index is -3.69. The number of ether oxygens (including phenoxy) is 1. The first-order chi connectivity index (χ1) is 15.9. The van der Waals surface area contributed by atoms with E-state index in [1.54, 1.807) is 0 Å². The summed E-state index contributed by atoms with van der Waals surface area (Å²) in [6.45, 7) is 3.79. The summed E-state index contributed by atoms with van der Waals surface area (Å²) in [5, 5.41) is 5.89. The average molecular weight is 492 g/mol. The Morgan fingerprint density at radius 2 is 1.62 bits per heavy atom. The van der Waals surface area contributed by atoms with Gasteiger partial charge in [-0.15, -0.1) is 0 Å². The monoisotopic (exact) mass is 491 g/mol. The van der Waals surface area contributed by atoms with Crippen LogP contribution in [0.4, 0.5) is 5.69 Å². The highest BCUT2D eigenvalue weighted by atomic mass is 32.2. The van der Waals surface area contributed by atoms with Crippen molar-refractivity contribution in [1.29, 1.82) is 0 Å². The van der Waals surface area contributed by atoms with E-state index in [0.717, 1.165) is 23.6 Å². The zero-order valence-corrected chi connectivity index (χ0v) is 21.6. The lowest BCUT2D eigenvalue weighted by Gasteiger charge is -2.55. The van der Waals surface area contributed by atoms with E-state index in [9.17, 15) is 18.0 Å². The molecule has 0 saturated heterocycles. The van der Waals surface area contributed by atoms with Crippen LogP contribution in [-0.2, 0) is 19.6 Å². The number of anilines is 1. The number of nitrogens with one attached hydrogen (secondary N) is 2. The van der Waals surface area contributed by atoms with E-state index in [2.05, 4.69) is 10.6 Å². The van der Waals surface area contributed by atoms with E-state index in [4.69, 9.17) is 4.74 Å². The minimum absolute atomic E-state index is 0.00338. The Balaban J connectivity index is 1.53. The molecule has 0 spiro atoms. The zero-order chi connectivity index (χ0) is 24.8. The van der Waals surface area contributed by atoms with Gasteiger partial charge in [0.2, 0.25) is 21.8 Å². The first-order valence-corrected chi connectivity index (χ1v) is 13.6. The van der Waals surface area contributed by atoms with E-state index in [-0.39, 0.29) is 33.7 Å². The van der Waals surface area contributed by atoms with Crippen molar-refractivity contribution >= 4 is 27.5 Å². The van der Waals surface area contributed by atoms with Crippen LogP contribution in [0.2, 0.25) is 0 Å². The van der Waals surface area contributed by atoms with Gasteiger partial charge in [0.1, 0.15) is 11.8 Å². The molecule has 4 aliphatic rings. The van der Waals surface area contributed by atoms with Crippen molar-refractivity contribution in [2.75, 3.05) is 26.5 Å². The summed E-state index contributed by atoms with van der Waals surface area (Å²) in [5.41, 5.74) is -0.0929. The van der Waals surface area contributed by atoms with Crippen LogP contribution in [0.3, 0.4) is 0 Å². The summed E-state index contributed by atoms with van der Waals surface area (Å²) in [4.78, 5) is 26.9. The SMILES string of the molecule is COc1ccc(S(=O)(=O)N(C)C)cc1NC(=O)[C@H](NC(=O)C12CC3CC(CC(C3)C1)C2)C(C)C. The summed E-state index contributed by atoms with van der Waals surface area (Å²) < 4.78 is 31.6. The quantitative estimate of drug-likeness (QED) is 0.581. The lowest BCUT2D eigenvalue weighted by Crippen LogP contribution is -2.57. The molecular weight excluding hydrogens is 454 g/mol. The van der Waals surface area contributed by atoms with E-state index in [1.807, 2.05) is 13.8 Å². The second-order valence-corrected chi connectivity index (χ2v) is 13.2. The fraction of sp³-hybridized carbons (Fsp3) is 0.680. The van der Waals surface area contributed by atoms with Gasteiger partial charge < -0.3 is 15.4 Å². The van der Waals surface area contributed by atoms with Crippen LogP contribution >= 0.6 is 0 Å². The number of benzene rings is 1. The van der Waals surface area contributed by atoms with Crippen LogP contribution in [-0.4, -0.2) is 51.8 Å². The Hall–Kier alpha value is -2.13. The highest BCUT2D eigenvalue weighted by Gasteiger charge is 2.55. The fourth-order valence-electron chi connectivity index (χ4n) is 6.58. The number of carbonyl (C=O) groups excluding carboxylic acids is 2. The third kappa shape index (κ3) is 4.56. The number of sulfonamides is 1. The van der Waals surface area contributed by atoms with E-state index in [1.165, 1.54) is 58.7 Å². The molecule has 8 nitrogen and oxygen atoms in total. The molecule has 4 fully saturated rings. The van der Waals surface area contributed by atoms with Crippen molar-refractivity contribution < 1.29 is 22.7 Å². The van der Waals surface area contributed by atoms with Gasteiger partial charge >= 0.3 is 0 Å². The van der Waals surface area contributed by atoms with E-state index in [0.29, 0.717) is 23.5 Å². The third-order valence-electron chi connectivity index (χ3n) is 7.96. The maximum Gasteiger partial charge on any atom is 0.247 e. The fourth-order valence-corrected chi connectivity index (χ4v) is 7.51. The van der Waals surface area contributed by atoms with Crippen LogP contribution in [0, 0.1) is 29.1 Å². The first-order valence-electron chi connectivity index (χ1n) is 12.2. The predicted molar refractivity (Wildman–Crippen MR) is 130 cm³/mol. The van der Waals surface area contributed by atoms with Crippen molar-refractivity contribution in [3.63, 3.8) is 0 Å². The highest BCUT2D eigenvalue weighted by molar-refractivity contribution is 7.89. The summed E-state index contributed by atoms with van der Waals surface area (Å²) in [5.74, 6) is 1.72. The van der Waals surface area contributed by atoms with Gasteiger partial charge in [-0.25, -0.2) is 12.7 Å². The number of rotatable bonds is 8. The zero-order valence-electron chi connectivity index (χ0n) is 20.8. The normalized spacial score (nSPS) is 28.7. The lowest BCUT2D eigenvalue weighted by molar-refractivity contribution is -0.148. The van der Waals surface area contributed by atoms with Gasteiger partial charge in [0.25, 0.3) is 0 Å². The number of carbonyl (C=O) groups is 2. The summed E-state index contributed by atoms with van der Waals surface area (Å²) in [6, 6.07) is 3.62. The molecule has 4 saturated carbocycles. The number of amides is 2. The Bertz CT molecular complexity index is 1030. The van der Waals surface area contributed by atoms with Crippen LogP contribution in [0.1, 0.15) is 52.4 Å². The molecule has 5 rings (SSSR count). The molecule has 0 radical (unpaired) electrons. The predicted octanol–water partition coefficient (Wildman–Crippen LogP) is 3.24. The molecule has 1 atom stereocenters. The molecule has 1 aromatic carbocycles. The molecule has 9 heteroatoms. The average Bonchev–Trinajstić information content (AvgIpc) is 2.75. The van der Waals surface area contributed by atoms with Gasteiger partial charge in [0.15, 0.2) is 0 Å². The molecule has 34 heavy (non-hydrogen) atoms. The Kier molecular flexibility index (Phi) is 6.72. The maximum absolute atomic E-state index is 13.6. The van der Waals surface area contributed by atoms with Crippen molar-refractivity contribution in [2.24, 2.45) is 29.1 Å². The smallest absolute Gasteiger partial charge is 0.247 e. The Labute approximate surface area is 202 Å². The van der Waals surface area contributed by atoms with Crippen LogP contribution in [0.25, 0.3) is 0 Å². The van der Waals surface area contributed by atoms with Crippen molar-refractivity contribution in [3.05, 3.63) is 18.2 Å². The van der Waals surface area contributed by atoms with Gasteiger partial charge in [0, 0.05) is 19.5 Å². The summed E-state index contributed by atoms with van der Waals surface area (Å²) >= 11 is 0. The lowest BCUT2D eigenvalue weighted by atomic mass is 9.49. The Morgan fingerprint density at radius 1 is 1.06 bits per heavy atom. The van der Waals surface area contributed by atoms with Gasteiger partial charge in [0.05, 0.1) is 17.7 Å². The number of hydrogen-bond acceptors (Lipinski definition) is 5. The molecule has 0 heterocycles. The van der Waals surface area contributed by atoms with Gasteiger partial charge in [-0.1, -0.05) is 13.8 Å². The molecule has 4 bridgehead atoms. The molecule has 0 unspecified atom stereocenters. The van der Waals surface area contributed by atoms with E-state index < -0.39 is 16.1 Å². The Morgan fingerprint density at radius 3 is 2.09 bits per heavy atom. The van der Waals surface area contributed by atoms with Crippen LogP contribution in [0.15, 0.2) is 23.1 Å². The van der Waals surface area contributed by atoms with Gasteiger partial charge in [-0.05, 0) is 80.4 Å². The molecular formula is C25H37N3O5S. The molecule has 0 aliphatic heterocycles. The second kappa shape index (κ2) is 9.15. The van der Waals surface area contributed by atoms with Crippen LogP contribution < -0.4 is 15.4 Å². The van der Waals surface area contributed by atoms with Crippen LogP contribution in [0.5, 0.6) is 5.75 Å². The molecule has 2 amide bonds. The van der Waals surface area contributed by atoms with E-state index >= 15 is 0 Å². The van der Waals surface area contributed by atoms with Crippen molar-refractivity contribution in [3.8, 4) is 5.75 Å². The number of hydrogen-bond donors (Lipinski definition) is 2. The van der Waals surface area contributed by atoms with Crippen molar-refractivity contribution in [1.82, 2.24) is 9.62 Å². The highest BCUT2D eigenvalue weighted by Crippen LogP contribution is 2.60. The topological polar surface area (TPSA) is 105 Å². The number of nitrogens with zero attached hydrogens (tertiary/aromatic N) is 1. The largest absolute Gasteiger partial charge is 0.495 e. The van der Waals surface area contributed by atoms with Crippen molar-refractivity contribution in [2.45, 2.75) is 63.3 Å². The first kappa shape index (κ1) is 25.0. The van der Waals surface area contributed by atoms with Gasteiger partial charge in [-0.3, -0.25) is 9.59 Å². The molecule has 0 aromatic heterocycles. The molecule has 1 aromatic rings. The third-order valence-corrected chi connectivity index (χ3v) is 9.77. The standard InChI is InChI=1S/C25H37N3O5S/c1-15(2)22(27-24(30)25-12-16-8-17(13-25)10-18(9-16)14-25)23(29)26-20-11-19(6-7-21(20)33-5)34(31,32)28(3)4/h6-7,11,15-18,22H,8-10,12-14H2,1-5H3,(H,26,29)(H,27,30)/t16?,17?,18?,22-,25?/m1/s1.